The number of benzene rings is 1. The predicted octanol–water partition coefficient (Wildman–Crippen LogP) is 2.73. The Balaban J connectivity index is 2.01. The summed E-state index contributed by atoms with van der Waals surface area (Å²) in [7, 11) is 0. The minimum atomic E-state index is -0.619. The number of ether oxygens (including phenoxy) is 1. The summed E-state index contributed by atoms with van der Waals surface area (Å²) in [5.74, 6) is 0.822. The summed E-state index contributed by atoms with van der Waals surface area (Å²) in [5, 5.41) is 10.4. The lowest BCUT2D eigenvalue weighted by atomic mass is 9.84. The van der Waals surface area contributed by atoms with Gasteiger partial charge in [-0.2, -0.15) is 0 Å². The molecule has 0 unspecified atom stereocenters. The van der Waals surface area contributed by atoms with Gasteiger partial charge >= 0.3 is 0 Å². The molecule has 0 saturated heterocycles. The van der Waals surface area contributed by atoms with E-state index in [4.69, 9.17) is 10.5 Å². The molecule has 0 bridgehead atoms. The SMILES string of the molecule is NCCOc1cccc(/C=C/C2(O)CCCCC2)c1. The van der Waals surface area contributed by atoms with Crippen LogP contribution in [0.1, 0.15) is 37.7 Å². The smallest absolute Gasteiger partial charge is 0.119 e. The Morgan fingerprint density at radius 2 is 2.05 bits per heavy atom. The third-order valence-electron chi connectivity index (χ3n) is 3.55. The van der Waals surface area contributed by atoms with Gasteiger partial charge in [-0.3, -0.25) is 0 Å². The molecule has 3 heteroatoms. The molecule has 0 atom stereocenters. The van der Waals surface area contributed by atoms with Crippen molar-refractivity contribution >= 4 is 6.08 Å². The van der Waals surface area contributed by atoms with E-state index in [1.165, 1.54) is 6.42 Å². The van der Waals surface area contributed by atoms with Gasteiger partial charge in [-0.1, -0.05) is 43.5 Å². The Morgan fingerprint density at radius 1 is 1.26 bits per heavy atom. The zero-order valence-electron chi connectivity index (χ0n) is 11.3. The van der Waals surface area contributed by atoms with Crippen LogP contribution in [0.5, 0.6) is 5.75 Å². The van der Waals surface area contributed by atoms with Crippen LogP contribution in [0.2, 0.25) is 0 Å². The Morgan fingerprint density at radius 3 is 2.79 bits per heavy atom. The van der Waals surface area contributed by atoms with Crippen LogP contribution in [0.25, 0.3) is 6.08 Å². The van der Waals surface area contributed by atoms with Crippen molar-refractivity contribution in [2.24, 2.45) is 5.73 Å². The van der Waals surface area contributed by atoms with Gasteiger partial charge in [0, 0.05) is 6.54 Å². The molecule has 1 aliphatic carbocycles. The van der Waals surface area contributed by atoms with Crippen molar-refractivity contribution in [3.05, 3.63) is 35.9 Å². The monoisotopic (exact) mass is 261 g/mol. The molecule has 1 saturated carbocycles. The molecule has 1 aliphatic rings. The first-order valence-electron chi connectivity index (χ1n) is 7.06. The highest BCUT2D eigenvalue weighted by atomic mass is 16.5. The summed E-state index contributed by atoms with van der Waals surface area (Å²) in [4.78, 5) is 0. The first-order chi connectivity index (χ1) is 9.22. The second kappa shape index (κ2) is 6.73. The fourth-order valence-electron chi connectivity index (χ4n) is 2.47. The zero-order chi connectivity index (χ0) is 13.6. The minimum Gasteiger partial charge on any atom is -0.492 e. The van der Waals surface area contributed by atoms with Crippen LogP contribution < -0.4 is 10.5 Å². The van der Waals surface area contributed by atoms with Crippen molar-refractivity contribution in [1.29, 1.82) is 0 Å². The highest BCUT2D eigenvalue weighted by Gasteiger charge is 2.25. The molecule has 3 N–H and O–H groups in total. The van der Waals surface area contributed by atoms with Crippen molar-refractivity contribution in [3.8, 4) is 5.75 Å². The highest BCUT2D eigenvalue weighted by molar-refractivity contribution is 5.53. The zero-order valence-corrected chi connectivity index (χ0v) is 11.3. The third kappa shape index (κ3) is 4.37. The number of nitrogens with two attached hydrogens (primary N) is 1. The van der Waals surface area contributed by atoms with Gasteiger partial charge in [0.2, 0.25) is 0 Å². The van der Waals surface area contributed by atoms with E-state index in [1.807, 2.05) is 36.4 Å². The number of rotatable bonds is 5. The van der Waals surface area contributed by atoms with Crippen LogP contribution in [0.3, 0.4) is 0 Å². The average Bonchev–Trinajstić information content (AvgIpc) is 2.44. The molecule has 0 amide bonds. The highest BCUT2D eigenvalue weighted by Crippen LogP contribution is 2.29. The van der Waals surface area contributed by atoms with E-state index in [9.17, 15) is 5.11 Å². The Bertz CT molecular complexity index is 423. The average molecular weight is 261 g/mol. The van der Waals surface area contributed by atoms with Crippen LogP contribution in [-0.4, -0.2) is 23.9 Å². The minimum absolute atomic E-state index is 0.514. The lowest BCUT2D eigenvalue weighted by molar-refractivity contribution is 0.0521. The van der Waals surface area contributed by atoms with E-state index in [-0.39, 0.29) is 0 Å². The van der Waals surface area contributed by atoms with E-state index < -0.39 is 5.60 Å². The van der Waals surface area contributed by atoms with Crippen LogP contribution in [0.4, 0.5) is 0 Å². The second-order valence-corrected chi connectivity index (χ2v) is 5.21. The summed E-state index contributed by atoms with van der Waals surface area (Å²) in [6.07, 6.45) is 9.12. The normalized spacial score (nSPS) is 18.6. The molecular formula is C16H23NO2. The van der Waals surface area contributed by atoms with Crippen LogP contribution in [0, 0.1) is 0 Å². The van der Waals surface area contributed by atoms with Gasteiger partial charge in [0.15, 0.2) is 0 Å². The van der Waals surface area contributed by atoms with Crippen molar-refractivity contribution in [3.63, 3.8) is 0 Å². The quantitative estimate of drug-likeness (QED) is 0.857. The maximum absolute atomic E-state index is 10.4. The van der Waals surface area contributed by atoms with E-state index in [0.29, 0.717) is 13.2 Å². The van der Waals surface area contributed by atoms with Crippen LogP contribution in [-0.2, 0) is 0 Å². The van der Waals surface area contributed by atoms with Crippen molar-refractivity contribution in [1.82, 2.24) is 0 Å². The van der Waals surface area contributed by atoms with Crippen LogP contribution >= 0.6 is 0 Å². The molecule has 1 fully saturated rings. The molecule has 0 heterocycles. The molecule has 0 aromatic heterocycles. The summed E-state index contributed by atoms with van der Waals surface area (Å²) in [5.41, 5.74) is 5.85. The van der Waals surface area contributed by atoms with Gasteiger partial charge in [-0.25, -0.2) is 0 Å². The van der Waals surface area contributed by atoms with Gasteiger partial charge in [0.05, 0.1) is 5.60 Å². The first-order valence-corrected chi connectivity index (χ1v) is 7.06. The van der Waals surface area contributed by atoms with E-state index in [2.05, 4.69) is 0 Å². The molecule has 2 rings (SSSR count). The summed E-state index contributed by atoms with van der Waals surface area (Å²) < 4.78 is 5.49. The molecule has 0 spiro atoms. The third-order valence-corrected chi connectivity index (χ3v) is 3.55. The topological polar surface area (TPSA) is 55.5 Å². The Hall–Kier alpha value is -1.32. The molecule has 1 aromatic carbocycles. The number of aliphatic hydroxyl groups is 1. The molecule has 1 aromatic rings. The molecule has 0 radical (unpaired) electrons. The standard InChI is InChI=1S/C16H23NO2/c17-11-12-19-15-6-4-5-14(13-15)7-10-16(18)8-2-1-3-9-16/h4-7,10,13,18H,1-3,8-9,11-12,17H2/b10-7+. The first kappa shape index (κ1) is 14.1. The van der Waals surface area contributed by atoms with Gasteiger partial charge in [-0.15, -0.1) is 0 Å². The van der Waals surface area contributed by atoms with E-state index in [1.54, 1.807) is 0 Å². The Labute approximate surface area is 115 Å². The number of hydrogen-bond donors (Lipinski definition) is 2. The van der Waals surface area contributed by atoms with Crippen molar-refractivity contribution in [2.45, 2.75) is 37.7 Å². The van der Waals surface area contributed by atoms with Gasteiger partial charge in [0.1, 0.15) is 12.4 Å². The van der Waals surface area contributed by atoms with Crippen LogP contribution in [0.15, 0.2) is 30.3 Å². The molecule has 0 aliphatic heterocycles. The summed E-state index contributed by atoms with van der Waals surface area (Å²) in [6.45, 7) is 1.04. The van der Waals surface area contributed by atoms with Gasteiger partial charge < -0.3 is 15.6 Å². The molecule has 19 heavy (non-hydrogen) atoms. The van der Waals surface area contributed by atoms with Crippen molar-refractivity contribution in [2.75, 3.05) is 13.2 Å². The van der Waals surface area contributed by atoms with E-state index >= 15 is 0 Å². The molecule has 104 valence electrons. The molecule has 3 nitrogen and oxygen atoms in total. The molecular weight excluding hydrogens is 238 g/mol. The number of hydrogen-bond acceptors (Lipinski definition) is 3. The lowest BCUT2D eigenvalue weighted by Gasteiger charge is -2.28. The lowest BCUT2D eigenvalue weighted by Crippen LogP contribution is -2.28. The summed E-state index contributed by atoms with van der Waals surface area (Å²) in [6, 6.07) is 7.86. The fourth-order valence-corrected chi connectivity index (χ4v) is 2.47. The van der Waals surface area contributed by atoms with Gasteiger partial charge in [-0.05, 0) is 30.5 Å². The maximum atomic E-state index is 10.4. The fraction of sp³-hybridized carbons (Fsp3) is 0.500. The van der Waals surface area contributed by atoms with E-state index in [0.717, 1.165) is 37.0 Å². The Kier molecular flexibility index (Phi) is 5.00. The largest absolute Gasteiger partial charge is 0.492 e. The predicted molar refractivity (Wildman–Crippen MR) is 78.1 cm³/mol. The maximum Gasteiger partial charge on any atom is 0.119 e. The van der Waals surface area contributed by atoms with Crippen molar-refractivity contribution < 1.29 is 9.84 Å². The summed E-state index contributed by atoms with van der Waals surface area (Å²) >= 11 is 0. The second-order valence-electron chi connectivity index (χ2n) is 5.21. The van der Waals surface area contributed by atoms with Gasteiger partial charge in [0.25, 0.3) is 0 Å².